The Hall–Kier alpha value is -1.06. The Labute approximate surface area is 155 Å². The molecule has 2 unspecified atom stereocenters. The second-order valence-electron chi connectivity index (χ2n) is 9.01. The van der Waals surface area contributed by atoms with Gasteiger partial charge in [-0.05, 0) is 59.3 Å². The molecule has 3 atom stereocenters. The van der Waals surface area contributed by atoms with Gasteiger partial charge in [0.2, 0.25) is 0 Å². The fraction of sp³-hybridized carbons (Fsp3) is 0.905. The summed E-state index contributed by atoms with van der Waals surface area (Å²) in [5.41, 5.74) is -1.40. The van der Waals surface area contributed by atoms with Crippen LogP contribution in [0.4, 0.5) is 0 Å². The quantitative estimate of drug-likeness (QED) is 0.483. The van der Waals surface area contributed by atoms with Gasteiger partial charge in [0.15, 0.2) is 0 Å². The molecule has 0 heterocycles. The fourth-order valence-corrected chi connectivity index (χ4v) is 2.84. The summed E-state index contributed by atoms with van der Waals surface area (Å²) in [7, 11) is 0. The number of ether oxygens (including phenoxy) is 2. The molecule has 0 aliphatic carbocycles. The van der Waals surface area contributed by atoms with Crippen LogP contribution < -0.4 is 0 Å². The standard InChI is InChI=1S/C21H40O4/c1-11-15(4)24-17(22)16(5)21(10,13-3)25-18(23)20(8,9)14-19(6,7)12-2/h15-16H,11-14H2,1-10H3/t15?,16-,21?/m0/s1. The molecule has 148 valence electrons. The summed E-state index contributed by atoms with van der Waals surface area (Å²) in [6, 6.07) is 0. The third-order valence-corrected chi connectivity index (χ3v) is 5.62. The van der Waals surface area contributed by atoms with E-state index >= 15 is 0 Å². The van der Waals surface area contributed by atoms with Crippen LogP contribution in [0, 0.1) is 16.7 Å². The molecule has 0 N–H and O–H groups in total. The molecular weight excluding hydrogens is 316 g/mol. The van der Waals surface area contributed by atoms with Gasteiger partial charge < -0.3 is 9.47 Å². The van der Waals surface area contributed by atoms with Crippen molar-refractivity contribution in [1.29, 1.82) is 0 Å². The summed E-state index contributed by atoms with van der Waals surface area (Å²) in [5, 5.41) is 0. The molecule has 0 fully saturated rings. The Morgan fingerprint density at radius 3 is 1.84 bits per heavy atom. The normalized spacial score (nSPS) is 17.4. The Bertz CT molecular complexity index is 453. The molecule has 0 radical (unpaired) electrons. The molecule has 0 aromatic rings. The molecule has 25 heavy (non-hydrogen) atoms. The van der Waals surface area contributed by atoms with Gasteiger partial charge in [0, 0.05) is 0 Å². The molecule has 0 amide bonds. The maximum atomic E-state index is 12.9. The predicted octanol–water partition coefficient (Wildman–Crippen LogP) is 5.53. The highest BCUT2D eigenvalue weighted by molar-refractivity contribution is 5.78. The van der Waals surface area contributed by atoms with Crippen molar-refractivity contribution < 1.29 is 19.1 Å². The third-order valence-electron chi connectivity index (χ3n) is 5.62. The molecule has 0 spiro atoms. The SMILES string of the molecule is CCC(C)OC(=O)[C@H](C)C(C)(CC)OC(=O)C(C)(C)CC(C)(C)CC. The molecular formula is C21H40O4. The summed E-state index contributed by atoms with van der Waals surface area (Å²) in [6.45, 7) is 19.7. The summed E-state index contributed by atoms with van der Waals surface area (Å²) in [6.07, 6.45) is 2.92. The Morgan fingerprint density at radius 1 is 0.920 bits per heavy atom. The van der Waals surface area contributed by atoms with Crippen LogP contribution in [0.15, 0.2) is 0 Å². The van der Waals surface area contributed by atoms with Gasteiger partial charge in [-0.1, -0.05) is 41.0 Å². The summed E-state index contributed by atoms with van der Waals surface area (Å²) in [5.74, 6) is -1.06. The van der Waals surface area contributed by atoms with Crippen molar-refractivity contribution in [2.24, 2.45) is 16.7 Å². The van der Waals surface area contributed by atoms with Crippen LogP contribution in [0.2, 0.25) is 0 Å². The average Bonchev–Trinajstić information content (AvgIpc) is 2.52. The number of carbonyl (C=O) groups excluding carboxylic acids is 2. The number of esters is 2. The van der Waals surface area contributed by atoms with Crippen LogP contribution in [0.5, 0.6) is 0 Å². The van der Waals surface area contributed by atoms with Crippen molar-refractivity contribution in [2.45, 2.75) is 107 Å². The molecule has 0 bridgehead atoms. The molecule has 4 nitrogen and oxygen atoms in total. The van der Waals surface area contributed by atoms with Gasteiger partial charge in [-0.2, -0.15) is 0 Å². The lowest BCUT2D eigenvalue weighted by Gasteiger charge is -2.38. The largest absolute Gasteiger partial charge is 0.462 e. The number of rotatable bonds is 10. The number of hydrogen-bond acceptors (Lipinski definition) is 4. The van der Waals surface area contributed by atoms with E-state index in [0.29, 0.717) is 6.42 Å². The van der Waals surface area contributed by atoms with Gasteiger partial charge in [-0.25, -0.2) is 0 Å². The maximum absolute atomic E-state index is 12.9. The zero-order valence-corrected chi connectivity index (χ0v) is 18.1. The monoisotopic (exact) mass is 356 g/mol. The van der Waals surface area contributed by atoms with Gasteiger partial charge in [-0.3, -0.25) is 9.59 Å². The minimum absolute atomic E-state index is 0.0617. The van der Waals surface area contributed by atoms with Gasteiger partial charge >= 0.3 is 11.9 Å². The van der Waals surface area contributed by atoms with Gasteiger partial charge in [0.25, 0.3) is 0 Å². The van der Waals surface area contributed by atoms with E-state index in [4.69, 9.17) is 9.47 Å². The molecule has 0 aliphatic heterocycles. The first kappa shape index (κ1) is 23.9. The van der Waals surface area contributed by atoms with Crippen LogP contribution in [0.3, 0.4) is 0 Å². The summed E-state index contributed by atoms with van der Waals surface area (Å²) in [4.78, 5) is 25.3. The van der Waals surface area contributed by atoms with E-state index in [1.807, 2.05) is 41.5 Å². The highest BCUT2D eigenvalue weighted by Gasteiger charge is 2.43. The Morgan fingerprint density at radius 2 is 1.44 bits per heavy atom. The average molecular weight is 357 g/mol. The zero-order valence-electron chi connectivity index (χ0n) is 18.1. The fourth-order valence-electron chi connectivity index (χ4n) is 2.84. The van der Waals surface area contributed by atoms with Crippen LogP contribution in [-0.4, -0.2) is 23.6 Å². The Kier molecular flexibility index (Phi) is 8.66. The highest BCUT2D eigenvalue weighted by atomic mass is 16.6. The first-order chi connectivity index (χ1) is 11.2. The molecule has 0 rings (SSSR count). The van der Waals surface area contributed by atoms with Crippen molar-refractivity contribution in [1.82, 2.24) is 0 Å². The molecule has 0 aromatic carbocycles. The van der Waals surface area contributed by atoms with Crippen molar-refractivity contribution in [3.63, 3.8) is 0 Å². The lowest BCUT2D eigenvalue weighted by atomic mass is 9.73. The van der Waals surface area contributed by atoms with Gasteiger partial charge in [0.05, 0.1) is 17.4 Å². The van der Waals surface area contributed by atoms with E-state index < -0.39 is 16.9 Å². The number of hydrogen-bond donors (Lipinski definition) is 0. The second kappa shape index (κ2) is 9.05. The predicted molar refractivity (Wildman–Crippen MR) is 102 cm³/mol. The molecule has 0 aromatic heterocycles. The maximum Gasteiger partial charge on any atom is 0.312 e. The molecule has 0 saturated heterocycles. The van der Waals surface area contributed by atoms with E-state index in [2.05, 4.69) is 20.8 Å². The van der Waals surface area contributed by atoms with E-state index in [-0.39, 0.29) is 23.5 Å². The van der Waals surface area contributed by atoms with E-state index in [0.717, 1.165) is 19.3 Å². The van der Waals surface area contributed by atoms with E-state index in [1.54, 1.807) is 6.92 Å². The first-order valence-electron chi connectivity index (χ1n) is 9.68. The van der Waals surface area contributed by atoms with Crippen LogP contribution in [0.1, 0.15) is 94.9 Å². The van der Waals surface area contributed by atoms with Gasteiger partial charge in [-0.15, -0.1) is 0 Å². The smallest absolute Gasteiger partial charge is 0.312 e. The minimum atomic E-state index is -0.866. The lowest BCUT2D eigenvalue weighted by Crippen LogP contribution is -2.46. The van der Waals surface area contributed by atoms with Crippen molar-refractivity contribution >= 4 is 11.9 Å². The van der Waals surface area contributed by atoms with Crippen LogP contribution in [-0.2, 0) is 19.1 Å². The van der Waals surface area contributed by atoms with Crippen molar-refractivity contribution in [3.05, 3.63) is 0 Å². The highest BCUT2D eigenvalue weighted by Crippen LogP contribution is 2.39. The first-order valence-corrected chi connectivity index (χ1v) is 9.68. The van der Waals surface area contributed by atoms with Crippen LogP contribution in [0.25, 0.3) is 0 Å². The lowest BCUT2D eigenvalue weighted by molar-refractivity contribution is -0.184. The van der Waals surface area contributed by atoms with Crippen molar-refractivity contribution in [3.8, 4) is 0 Å². The topological polar surface area (TPSA) is 52.6 Å². The molecule has 0 aliphatic rings. The van der Waals surface area contributed by atoms with Gasteiger partial charge in [0.1, 0.15) is 5.60 Å². The molecule has 0 saturated carbocycles. The number of carbonyl (C=O) groups is 2. The van der Waals surface area contributed by atoms with Crippen LogP contribution >= 0.6 is 0 Å². The minimum Gasteiger partial charge on any atom is -0.462 e. The third kappa shape index (κ3) is 6.99. The van der Waals surface area contributed by atoms with E-state index in [9.17, 15) is 9.59 Å². The van der Waals surface area contributed by atoms with E-state index in [1.165, 1.54) is 0 Å². The summed E-state index contributed by atoms with van der Waals surface area (Å²) >= 11 is 0. The Balaban J connectivity index is 5.21. The van der Waals surface area contributed by atoms with Crippen molar-refractivity contribution in [2.75, 3.05) is 0 Å². The second-order valence-corrected chi connectivity index (χ2v) is 9.01. The summed E-state index contributed by atoms with van der Waals surface area (Å²) < 4.78 is 11.3. The molecule has 4 heteroatoms. The zero-order chi connectivity index (χ0) is 20.1.